The number of rotatable bonds is 2. The van der Waals surface area contributed by atoms with Crippen molar-refractivity contribution in [1.29, 1.82) is 0 Å². The molecule has 3 rings (SSSR count). The van der Waals surface area contributed by atoms with Crippen molar-refractivity contribution in [3.05, 3.63) is 35.8 Å². The van der Waals surface area contributed by atoms with E-state index in [0.29, 0.717) is 11.5 Å². The maximum Gasteiger partial charge on any atom is 0.339 e. The molecule has 0 amide bonds. The summed E-state index contributed by atoms with van der Waals surface area (Å²) in [5, 5.41) is 0. The number of carbonyl (C=O) groups excluding carboxylic acids is 1. The van der Waals surface area contributed by atoms with Gasteiger partial charge in [0.25, 0.3) is 0 Å². The number of likely N-dealkylation sites (N-methyl/N-ethyl adjacent to an activating group) is 1. The second kappa shape index (κ2) is 4.66. The van der Waals surface area contributed by atoms with Crippen LogP contribution in [0.2, 0.25) is 0 Å². The van der Waals surface area contributed by atoms with Crippen LogP contribution in [-0.2, 0) is 4.74 Å². The summed E-state index contributed by atoms with van der Waals surface area (Å²) in [6.07, 6.45) is 4.94. The molecule has 2 aromatic rings. The molecule has 0 aliphatic carbocycles. The molecule has 0 bridgehead atoms. The van der Waals surface area contributed by atoms with Crippen LogP contribution in [0, 0.1) is 0 Å². The maximum atomic E-state index is 11.5. The van der Waals surface area contributed by atoms with Crippen molar-refractivity contribution in [1.82, 2.24) is 14.3 Å². The number of hydrogen-bond donors (Lipinski definition) is 0. The van der Waals surface area contributed by atoms with Crippen LogP contribution in [0.3, 0.4) is 0 Å². The van der Waals surface area contributed by atoms with E-state index < -0.39 is 0 Å². The van der Waals surface area contributed by atoms with E-state index in [2.05, 4.69) is 16.9 Å². The third kappa shape index (κ3) is 2.21. The van der Waals surface area contributed by atoms with Crippen molar-refractivity contribution in [2.24, 2.45) is 0 Å². The van der Waals surface area contributed by atoms with Gasteiger partial charge in [-0.1, -0.05) is 0 Å². The van der Waals surface area contributed by atoms with Gasteiger partial charge in [0.2, 0.25) is 0 Å². The van der Waals surface area contributed by atoms with Crippen LogP contribution < -0.4 is 0 Å². The van der Waals surface area contributed by atoms with Crippen molar-refractivity contribution in [2.45, 2.75) is 12.3 Å². The second-order valence-corrected chi connectivity index (χ2v) is 5.09. The number of carbonyl (C=O) groups is 1. The molecule has 1 saturated heterocycles. The third-order valence-corrected chi connectivity index (χ3v) is 3.70. The molecule has 5 heteroatoms. The zero-order valence-electron chi connectivity index (χ0n) is 11.2. The van der Waals surface area contributed by atoms with Gasteiger partial charge in [0.05, 0.1) is 18.4 Å². The third-order valence-electron chi connectivity index (χ3n) is 3.70. The van der Waals surface area contributed by atoms with Gasteiger partial charge in [0.15, 0.2) is 0 Å². The number of aromatic nitrogens is 2. The molecular formula is C14H17N3O2. The largest absolute Gasteiger partial charge is 0.465 e. The topological polar surface area (TPSA) is 46.8 Å². The lowest BCUT2D eigenvalue weighted by atomic mass is 10.1. The predicted octanol–water partition coefficient (Wildman–Crippen LogP) is 1.54. The second-order valence-electron chi connectivity index (χ2n) is 5.09. The normalized spacial score (nSPS) is 20.0. The Morgan fingerprint density at radius 1 is 1.42 bits per heavy atom. The fourth-order valence-electron chi connectivity index (χ4n) is 2.62. The van der Waals surface area contributed by atoms with Crippen LogP contribution in [0.15, 0.2) is 24.5 Å². The number of fused-ring (bicyclic) bond motifs is 1. The van der Waals surface area contributed by atoms with Crippen LogP contribution >= 0.6 is 0 Å². The first-order valence-corrected chi connectivity index (χ1v) is 6.43. The Hall–Kier alpha value is -1.88. The van der Waals surface area contributed by atoms with Gasteiger partial charge in [-0.15, -0.1) is 0 Å². The van der Waals surface area contributed by atoms with E-state index in [0.717, 1.165) is 30.9 Å². The number of nitrogens with zero attached hydrogens (tertiary/aromatic N) is 3. The lowest BCUT2D eigenvalue weighted by Crippen LogP contribution is -2.13. The molecule has 0 N–H and O–H groups in total. The fourth-order valence-corrected chi connectivity index (χ4v) is 2.62. The Kier molecular flexibility index (Phi) is 2.98. The highest BCUT2D eigenvalue weighted by Gasteiger charge is 2.23. The van der Waals surface area contributed by atoms with Gasteiger partial charge in [-0.3, -0.25) is 0 Å². The molecule has 3 heterocycles. The van der Waals surface area contributed by atoms with Gasteiger partial charge in [-0.2, -0.15) is 0 Å². The molecule has 0 saturated carbocycles. The molecule has 0 radical (unpaired) electrons. The number of hydrogen-bond acceptors (Lipinski definition) is 4. The van der Waals surface area contributed by atoms with Gasteiger partial charge in [-0.25, -0.2) is 9.78 Å². The molecule has 19 heavy (non-hydrogen) atoms. The van der Waals surface area contributed by atoms with Crippen LogP contribution in [0.1, 0.15) is 28.4 Å². The standard InChI is InChI=1S/C14H17N3O2/c1-16-6-5-10(7-16)12-9-17-8-11(14(18)19-2)3-4-13(17)15-12/h3-4,8-10H,5-7H2,1-2H3. The molecule has 0 spiro atoms. The number of pyridine rings is 1. The van der Waals surface area contributed by atoms with Crippen molar-refractivity contribution in [3.8, 4) is 0 Å². The summed E-state index contributed by atoms with van der Waals surface area (Å²) in [5.41, 5.74) is 2.52. The molecule has 1 unspecified atom stereocenters. The van der Waals surface area contributed by atoms with E-state index in [9.17, 15) is 4.79 Å². The van der Waals surface area contributed by atoms with Gasteiger partial charge in [0, 0.05) is 24.9 Å². The Morgan fingerprint density at radius 3 is 2.95 bits per heavy atom. The Morgan fingerprint density at radius 2 is 2.26 bits per heavy atom. The van der Waals surface area contributed by atoms with E-state index in [-0.39, 0.29) is 5.97 Å². The molecule has 1 aliphatic heterocycles. The maximum absolute atomic E-state index is 11.5. The number of esters is 1. The van der Waals surface area contributed by atoms with Crippen LogP contribution in [0.4, 0.5) is 0 Å². The molecule has 1 fully saturated rings. The smallest absolute Gasteiger partial charge is 0.339 e. The van der Waals surface area contributed by atoms with E-state index in [1.54, 1.807) is 12.3 Å². The summed E-state index contributed by atoms with van der Waals surface area (Å²) in [4.78, 5) is 18.5. The van der Waals surface area contributed by atoms with Crippen molar-refractivity contribution < 1.29 is 9.53 Å². The van der Waals surface area contributed by atoms with Gasteiger partial charge in [-0.05, 0) is 32.1 Å². The molecule has 1 atom stereocenters. The summed E-state index contributed by atoms with van der Waals surface area (Å²) in [6, 6.07) is 3.60. The van der Waals surface area contributed by atoms with Gasteiger partial charge < -0.3 is 14.0 Å². The average molecular weight is 259 g/mol. The number of methoxy groups -OCH3 is 1. The van der Waals surface area contributed by atoms with Crippen LogP contribution in [0.25, 0.3) is 5.65 Å². The molecule has 2 aromatic heterocycles. The van der Waals surface area contributed by atoms with E-state index in [1.807, 2.05) is 16.7 Å². The Balaban J connectivity index is 1.94. The summed E-state index contributed by atoms with van der Waals surface area (Å²) in [7, 11) is 3.52. The highest BCUT2D eigenvalue weighted by Crippen LogP contribution is 2.25. The van der Waals surface area contributed by atoms with Crippen LogP contribution in [-0.4, -0.2) is 47.5 Å². The zero-order valence-corrected chi connectivity index (χ0v) is 11.2. The number of likely N-dealkylation sites (tertiary alicyclic amines) is 1. The highest BCUT2D eigenvalue weighted by molar-refractivity contribution is 5.89. The summed E-state index contributed by atoms with van der Waals surface area (Å²) in [6.45, 7) is 2.17. The molecule has 5 nitrogen and oxygen atoms in total. The first-order chi connectivity index (χ1) is 9.17. The van der Waals surface area contributed by atoms with Gasteiger partial charge >= 0.3 is 5.97 Å². The predicted molar refractivity (Wildman–Crippen MR) is 71.4 cm³/mol. The molecular weight excluding hydrogens is 242 g/mol. The van der Waals surface area contributed by atoms with Crippen molar-refractivity contribution in [3.63, 3.8) is 0 Å². The van der Waals surface area contributed by atoms with E-state index >= 15 is 0 Å². The summed E-state index contributed by atoms with van der Waals surface area (Å²) in [5.74, 6) is 0.171. The highest BCUT2D eigenvalue weighted by atomic mass is 16.5. The quantitative estimate of drug-likeness (QED) is 0.768. The van der Waals surface area contributed by atoms with Gasteiger partial charge in [0.1, 0.15) is 5.65 Å². The van der Waals surface area contributed by atoms with E-state index in [4.69, 9.17) is 4.74 Å². The SMILES string of the molecule is COC(=O)c1ccc2nc(C3CCN(C)C3)cn2c1. The molecule has 1 aliphatic rings. The first kappa shape index (κ1) is 12.2. The van der Waals surface area contributed by atoms with Crippen LogP contribution in [0.5, 0.6) is 0 Å². The average Bonchev–Trinajstić information content (AvgIpc) is 3.02. The minimum Gasteiger partial charge on any atom is -0.465 e. The van der Waals surface area contributed by atoms with E-state index in [1.165, 1.54) is 7.11 Å². The minimum absolute atomic E-state index is 0.322. The fraction of sp³-hybridized carbons (Fsp3) is 0.429. The molecule has 0 aromatic carbocycles. The Labute approximate surface area is 111 Å². The first-order valence-electron chi connectivity index (χ1n) is 6.43. The zero-order chi connectivity index (χ0) is 13.4. The lowest BCUT2D eigenvalue weighted by molar-refractivity contribution is 0.0600. The summed E-state index contributed by atoms with van der Waals surface area (Å²) >= 11 is 0. The van der Waals surface area contributed by atoms with Crippen molar-refractivity contribution in [2.75, 3.05) is 27.2 Å². The molecule has 100 valence electrons. The number of ether oxygens (including phenoxy) is 1. The minimum atomic E-state index is -0.322. The lowest BCUT2D eigenvalue weighted by Gasteiger charge is -2.06. The monoisotopic (exact) mass is 259 g/mol. The summed E-state index contributed by atoms with van der Waals surface area (Å²) < 4.78 is 6.63. The Bertz CT molecular complexity index is 620. The van der Waals surface area contributed by atoms with Crippen molar-refractivity contribution >= 4 is 11.6 Å². The number of imidazole rings is 1.